The van der Waals surface area contributed by atoms with Crippen LogP contribution in [-0.4, -0.2) is 5.91 Å². The van der Waals surface area contributed by atoms with E-state index in [0.29, 0.717) is 11.5 Å². The van der Waals surface area contributed by atoms with Crippen LogP contribution in [0.5, 0.6) is 5.75 Å². The smallest absolute Gasteiger partial charge is 0.248 e. The first-order chi connectivity index (χ1) is 9.99. The third-order valence-corrected chi connectivity index (χ3v) is 3.25. The Kier molecular flexibility index (Phi) is 4.58. The van der Waals surface area contributed by atoms with Crippen molar-refractivity contribution in [3.63, 3.8) is 0 Å². The minimum Gasteiger partial charge on any atom is -0.489 e. The normalized spacial score (nSPS) is 10.7. The zero-order valence-corrected chi connectivity index (χ0v) is 12.1. The van der Waals surface area contributed by atoms with E-state index < -0.39 is 11.7 Å². The second-order valence-corrected chi connectivity index (χ2v) is 5.15. The number of benzene rings is 2. The highest BCUT2D eigenvalue weighted by Gasteiger charge is 2.10. The molecule has 2 aromatic carbocycles. The summed E-state index contributed by atoms with van der Waals surface area (Å²) in [4.78, 5) is 11.1. The van der Waals surface area contributed by atoms with Crippen LogP contribution in [0.15, 0.2) is 42.5 Å². The zero-order chi connectivity index (χ0) is 15.4. The first-order valence-electron chi connectivity index (χ1n) is 6.79. The molecule has 0 spiro atoms. The first kappa shape index (κ1) is 15.0. The number of nitrogens with two attached hydrogens (primary N) is 1. The summed E-state index contributed by atoms with van der Waals surface area (Å²) >= 11 is 0. The average molecular weight is 287 g/mol. The summed E-state index contributed by atoms with van der Waals surface area (Å²) < 4.78 is 19.5. The van der Waals surface area contributed by atoms with Crippen LogP contribution in [0.3, 0.4) is 0 Å². The van der Waals surface area contributed by atoms with Crippen molar-refractivity contribution in [3.8, 4) is 5.75 Å². The lowest BCUT2D eigenvalue weighted by Crippen LogP contribution is -2.12. The van der Waals surface area contributed by atoms with E-state index in [9.17, 15) is 9.18 Å². The molecular formula is C17H18FNO2. The number of rotatable bonds is 5. The van der Waals surface area contributed by atoms with Crippen molar-refractivity contribution in [1.29, 1.82) is 0 Å². The highest BCUT2D eigenvalue weighted by Crippen LogP contribution is 2.27. The standard InChI is InChI=1S/C17H18FNO2/c1-11(2)14-5-3-4-6-16(14)21-10-13-9-12(17(19)20)7-8-15(13)18/h3-9,11H,10H2,1-2H3,(H2,19,20). The van der Waals surface area contributed by atoms with E-state index >= 15 is 0 Å². The van der Waals surface area contributed by atoms with Gasteiger partial charge in [0.15, 0.2) is 0 Å². The van der Waals surface area contributed by atoms with Gasteiger partial charge in [0.05, 0.1) is 0 Å². The van der Waals surface area contributed by atoms with E-state index in [1.165, 1.54) is 18.2 Å². The molecular weight excluding hydrogens is 269 g/mol. The lowest BCUT2D eigenvalue weighted by molar-refractivity contribution is 0.1000. The SMILES string of the molecule is CC(C)c1ccccc1OCc1cc(C(N)=O)ccc1F. The minimum absolute atomic E-state index is 0.0523. The molecule has 0 atom stereocenters. The van der Waals surface area contributed by atoms with Gasteiger partial charge in [-0.15, -0.1) is 0 Å². The largest absolute Gasteiger partial charge is 0.489 e. The summed E-state index contributed by atoms with van der Waals surface area (Å²) in [5.41, 5.74) is 6.84. The molecule has 2 aromatic rings. The molecule has 0 heterocycles. The molecule has 110 valence electrons. The maximum Gasteiger partial charge on any atom is 0.248 e. The second kappa shape index (κ2) is 6.39. The third-order valence-electron chi connectivity index (χ3n) is 3.25. The van der Waals surface area contributed by atoms with Gasteiger partial charge < -0.3 is 10.5 Å². The molecule has 0 aliphatic rings. The highest BCUT2D eigenvalue weighted by atomic mass is 19.1. The van der Waals surface area contributed by atoms with Gasteiger partial charge in [-0.3, -0.25) is 4.79 Å². The van der Waals surface area contributed by atoms with E-state index in [-0.39, 0.29) is 12.2 Å². The molecule has 2 rings (SSSR count). The van der Waals surface area contributed by atoms with E-state index in [4.69, 9.17) is 10.5 Å². The lowest BCUT2D eigenvalue weighted by atomic mass is 10.0. The van der Waals surface area contributed by atoms with Gasteiger partial charge in [-0.25, -0.2) is 4.39 Å². The predicted molar refractivity (Wildman–Crippen MR) is 79.8 cm³/mol. The number of hydrogen-bond donors (Lipinski definition) is 1. The van der Waals surface area contributed by atoms with Gasteiger partial charge >= 0.3 is 0 Å². The molecule has 0 aliphatic carbocycles. The Balaban J connectivity index is 2.20. The molecule has 0 aromatic heterocycles. The van der Waals surface area contributed by atoms with Crippen LogP contribution in [0.1, 0.15) is 41.3 Å². The van der Waals surface area contributed by atoms with Crippen LogP contribution >= 0.6 is 0 Å². The molecule has 0 aliphatic heterocycles. The average Bonchev–Trinajstić information content (AvgIpc) is 2.46. The predicted octanol–water partition coefficient (Wildman–Crippen LogP) is 3.63. The summed E-state index contributed by atoms with van der Waals surface area (Å²) in [6.45, 7) is 4.18. The number of carbonyl (C=O) groups excluding carboxylic acids is 1. The number of hydrogen-bond acceptors (Lipinski definition) is 2. The first-order valence-corrected chi connectivity index (χ1v) is 6.79. The van der Waals surface area contributed by atoms with E-state index in [0.717, 1.165) is 11.3 Å². The van der Waals surface area contributed by atoms with Gasteiger partial charge in [-0.2, -0.15) is 0 Å². The molecule has 0 saturated heterocycles. The van der Waals surface area contributed by atoms with Gasteiger partial charge in [0.2, 0.25) is 5.91 Å². The van der Waals surface area contributed by atoms with Crippen LogP contribution in [0, 0.1) is 5.82 Å². The van der Waals surface area contributed by atoms with Crippen LogP contribution in [-0.2, 0) is 6.61 Å². The third kappa shape index (κ3) is 3.60. The van der Waals surface area contributed by atoms with Gasteiger partial charge in [0, 0.05) is 11.1 Å². The summed E-state index contributed by atoms with van der Waals surface area (Å²) in [6.07, 6.45) is 0. The molecule has 3 nitrogen and oxygen atoms in total. The topological polar surface area (TPSA) is 52.3 Å². The zero-order valence-electron chi connectivity index (χ0n) is 12.1. The maximum absolute atomic E-state index is 13.8. The molecule has 1 amide bonds. The van der Waals surface area contributed by atoms with Crippen molar-refractivity contribution in [1.82, 2.24) is 0 Å². The number of amides is 1. The van der Waals surface area contributed by atoms with Crippen molar-refractivity contribution in [3.05, 3.63) is 65.0 Å². The van der Waals surface area contributed by atoms with Crippen molar-refractivity contribution < 1.29 is 13.9 Å². The molecule has 0 bridgehead atoms. The fourth-order valence-corrected chi connectivity index (χ4v) is 2.08. The Morgan fingerprint density at radius 2 is 1.95 bits per heavy atom. The van der Waals surface area contributed by atoms with E-state index in [1.807, 2.05) is 24.3 Å². The molecule has 0 unspecified atom stereocenters. The van der Waals surface area contributed by atoms with Gasteiger partial charge in [-0.1, -0.05) is 32.0 Å². The number of primary amides is 1. The van der Waals surface area contributed by atoms with Crippen molar-refractivity contribution in [2.45, 2.75) is 26.4 Å². The summed E-state index contributed by atoms with van der Waals surface area (Å²) in [7, 11) is 0. The quantitative estimate of drug-likeness (QED) is 0.913. The fourth-order valence-electron chi connectivity index (χ4n) is 2.08. The number of halogens is 1. The Labute approximate surface area is 123 Å². The summed E-state index contributed by atoms with van der Waals surface area (Å²) in [5.74, 6) is 0.0280. The number of ether oxygens (including phenoxy) is 1. The maximum atomic E-state index is 13.8. The van der Waals surface area contributed by atoms with Crippen molar-refractivity contribution >= 4 is 5.91 Å². The van der Waals surface area contributed by atoms with Crippen LogP contribution in [0.2, 0.25) is 0 Å². The Morgan fingerprint density at radius 3 is 2.62 bits per heavy atom. The van der Waals surface area contributed by atoms with Crippen molar-refractivity contribution in [2.24, 2.45) is 5.73 Å². The summed E-state index contributed by atoms with van der Waals surface area (Å²) in [6, 6.07) is 11.7. The Morgan fingerprint density at radius 1 is 1.24 bits per heavy atom. The van der Waals surface area contributed by atoms with Gasteiger partial charge in [0.1, 0.15) is 18.2 Å². The Hall–Kier alpha value is -2.36. The van der Waals surface area contributed by atoms with Gasteiger partial charge in [-0.05, 0) is 35.7 Å². The lowest BCUT2D eigenvalue weighted by Gasteiger charge is -2.14. The highest BCUT2D eigenvalue weighted by molar-refractivity contribution is 5.92. The summed E-state index contributed by atoms with van der Waals surface area (Å²) in [5, 5.41) is 0. The molecule has 0 radical (unpaired) electrons. The number of carbonyl (C=O) groups is 1. The van der Waals surface area contributed by atoms with Crippen LogP contribution in [0.4, 0.5) is 4.39 Å². The molecule has 0 saturated carbocycles. The van der Waals surface area contributed by atoms with Crippen molar-refractivity contribution in [2.75, 3.05) is 0 Å². The van der Waals surface area contributed by atoms with E-state index in [1.54, 1.807) is 0 Å². The van der Waals surface area contributed by atoms with Crippen LogP contribution < -0.4 is 10.5 Å². The monoisotopic (exact) mass is 287 g/mol. The Bertz CT molecular complexity index is 653. The molecule has 4 heteroatoms. The van der Waals surface area contributed by atoms with E-state index in [2.05, 4.69) is 13.8 Å². The molecule has 0 fully saturated rings. The minimum atomic E-state index is -0.584. The molecule has 21 heavy (non-hydrogen) atoms. The van der Waals surface area contributed by atoms with Crippen LogP contribution in [0.25, 0.3) is 0 Å². The fraction of sp³-hybridized carbons (Fsp3) is 0.235. The number of para-hydroxylation sites is 1. The van der Waals surface area contributed by atoms with Gasteiger partial charge in [0.25, 0.3) is 0 Å². The molecule has 2 N–H and O–H groups in total. The second-order valence-electron chi connectivity index (χ2n) is 5.15.